The van der Waals surface area contributed by atoms with Gasteiger partial charge in [0.05, 0.1) is 6.61 Å². The summed E-state index contributed by atoms with van der Waals surface area (Å²) in [6.07, 6.45) is 0.506. The van der Waals surface area contributed by atoms with E-state index in [2.05, 4.69) is 19.2 Å². The molecule has 3 rings (SSSR count). The maximum absolute atomic E-state index is 12.5. The van der Waals surface area contributed by atoms with Crippen LogP contribution < -0.4 is 10.1 Å². The fraction of sp³-hybridized carbons (Fsp3) is 0.292. The molecule has 3 aromatic rings. The van der Waals surface area contributed by atoms with Gasteiger partial charge in [0.1, 0.15) is 11.5 Å². The van der Waals surface area contributed by atoms with Crippen LogP contribution in [-0.2, 0) is 13.0 Å². The first-order valence-corrected chi connectivity index (χ1v) is 10.1. The monoisotopic (exact) mass is 411 g/mol. The Kier molecular flexibility index (Phi) is 6.99. The van der Waals surface area contributed by atoms with E-state index in [1.165, 1.54) is 0 Å². The summed E-state index contributed by atoms with van der Waals surface area (Å²) in [6, 6.07) is 17.1. The van der Waals surface area contributed by atoms with Gasteiger partial charge < -0.3 is 14.5 Å². The topological polar surface area (TPSA) is 51.5 Å². The van der Waals surface area contributed by atoms with Crippen molar-refractivity contribution in [2.45, 2.75) is 33.7 Å². The number of rotatable bonds is 8. The third-order valence-electron chi connectivity index (χ3n) is 4.49. The zero-order valence-electron chi connectivity index (χ0n) is 17.0. The molecule has 1 aromatic heterocycles. The summed E-state index contributed by atoms with van der Waals surface area (Å²) in [5.41, 5.74) is 2.90. The van der Waals surface area contributed by atoms with Crippen molar-refractivity contribution >= 4 is 17.5 Å². The predicted octanol–water partition coefficient (Wildman–Crippen LogP) is 5.80. The first kappa shape index (κ1) is 21.0. The third kappa shape index (κ3) is 5.88. The number of benzene rings is 2. The molecule has 0 aliphatic carbocycles. The molecule has 2 aromatic carbocycles. The van der Waals surface area contributed by atoms with Crippen molar-refractivity contribution in [2.75, 3.05) is 6.61 Å². The molecule has 1 heterocycles. The van der Waals surface area contributed by atoms with E-state index in [9.17, 15) is 4.79 Å². The number of nitrogens with one attached hydrogen (secondary N) is 1. The van der Waals surface area contributed by atoms with E-state index in [4.69, 9.17) is 20.8 Å². The zero-order valence-corrected chi connectivity index (χ0v) is 17.8. The van der Waals surface area contributed by atoms with E-state index in [1.54, 1.807) is 6.07 Å². The highest BCUT2D eigenvalue weighted by molar-refractivity contribution is 6.30. The average molecular weight is 412 g/mol. The molecule has 0 saturated carbocycles. The lowest BCUT2D eigenvalue weighted by atomic mass is 10.1. The minimum atomic E-state index is -0.231. The molecule has 4 nitrogen and oxygen atoms in total. The number of halogens is 1. The molecule has 0 fully saturated rings. The SMILES string of the molecule is Cc1cc(C(=O)NCc2ccccc2)oc1Cc1cc(Cl)ccc1OCC(C)C. The summed E-state index contributed by atoms with van der Waals surface area (Å²) >= 11 is 6.19. The fourth-order valence-electron chi connectivity index (χ4n) is 2.93. The fourth-order valence-corrected chi connectivity index (χ4v) is 3.12. The van der Waals surface area contributed by atoms with Gasteiger partial charge in [0.15, 0.2) is 5.76 Å². The second-order valence-electron chi connectivity index (χ2n) is 7.52. The van der Waals surface area contributed by atoms with Gasteiger partial charge in [-0.3, -0.25) is 4.79 Å². The smallest absolute Gasteiger partial charge is 0.287 e. The Morgan fingerprint density at radius 2 is 1.90 bits per heavy atom. The summed E-state index contributed by atoms with van der Waals surface area (Å²) in [5.74, 6) is 2.01. The highest BCUT2D eigenvalue weighted by atomic mass is 35.5. The first-order chi connectivity index (χ1) is 13.9. The largest absolute Gasteiger partial charge is 0.493 e. The van der Waals surface area contributed by atoms with Gasteiger partial charge in [0.25, 0.3) is 5.91 Å². The number of aryl methyl sites for hydroxylation is 1. The average Bonchev–Trinajstić information content (AvgIpc) is 3.06. The minimum Gasteiger partial charge on any atom is -0.493 e. The van der Waals surface area contributed by atoms with Crippen molar-refractivity contribution in [3.8, 4) is 5.75 Å². The maximum atomic E-state index is 12.5. The van der Waals surface area contributed by atoms with Crippen molar-refractivity contribution in [2.24, 2.45) is 5.92 Å². The molecule has 0 bridgehead atoms. The van der Waals surface area contributed by atoms with Gasteiger partial charge >= 0.3 is 0 Å². The van der Waals surface area contributed by atoms with E-state index in [-0.39, 0.29) is 5.91 Å². The molecule has 0 spiro atoms. The van der Waals surface area contributed by atoms with E-state index < -0.39 is 0 Å². The number of amides is 1. The van der Waals surface area contributed by atoms with Crippen LogP contribution in [0.5, 0.6) is 5.75 Å². The van der Waals surface area contributed by atoms with Crippen molar-refractivity contribution in [1.29, 1.82) is 0 Å². The van der Waals surface area contributed by atoms with Crippen LogP contribution in [0.15, 0.2) is 59.0 Å². The van der Waals surface area contributed by atoms with Gasteiger partial charge in [-0.2, -0.15) is 0 Å². The number of ether oxygens (including phenoxy) is 1. The summed E-state index contributed by atoms with van der Waals surface area (Å²) < 4.78 is 11.8. The second-order valence-corrected chi connectivity index (χ2v) is 7.96. The molecule has 0 radical (unpaired) electrons. The quantitative estimate of drug-likeness (QED) is 0.509. The normalized spacial score (nSPS) is 10.9. The minimum absolute atomic E-state index is 0.231. The van der Waals surface area contributed by atoms with Gasteiger partial charge in [-0.1, -0.05) is 55.8 Å². The highest BCUT2D eigenvalue weighted by Crippen LogP contribution is 2.28. The first-order valence-electron chi connectivity index (χ1n) is 9.75. The number of furan rings is 1. The Bertz CT molecular complexity index is 964. The van der Waals surface area contributed by atoms with Crippen LogP contribution in [0, 0.1) is 12.8 Å². The van der Waals surface area contributed by atoms with Crippen molar-refractivity contribution in [1.82, 2.24) is 5.32 Å². The van der Waals surface area contributed by atoms with Crippen molar-refractivity contribution in [3.63, 3.8) is 0 Å². The lowest BCUT2D eigenvalue weighted by Crippen LogP contribution is -2.22. The molecule has 152 valence electrons. The molecule has 29 heavy (non-hydrogen) atoms. The van der Waals surface area contributed by atoms with E-state index in [0.29, 0.717) is 36.3 Å². The third-order valence-corrected chi connectivity index (χ3v) is 4.72. The molecular formula is C24H26ClNO3. The van der Waals surface area contributed by atoms with Gasteiger partial charge in [-0.25, -0.2) is 0 Å². The van der Waals surface area contributed by atoms with Crippen LogP contribution >= 0.6 is 11.6 Å². The van der Waals surface area contributed by atoms with Gasteiger partial charge in [-0.15, -0.1) is 0 Å². The summed E-state index contributed by atoms with van der Waals surface area (Å²) in [6.45, 7) is 7.22. The Balaban J connectivity index is 1.72. The van der Waals surface area contributed by atoms with Crippen LogP contribution in [0.4, 0.5) is 0 Å². The number of carbonyl (C=O) groups is 1. The molecular weight excluding hydrogens is 386 g/mol. The second kappa shape index (κ2) is 9.66. The van der Waals surface area contributed by atoms with E-state index in [1.807, 2.05) is 55.5 Å². The van der Waals surface area contributed by atoms with Crippen LogP contribution in [0.3, 0.4) is 0 Å². The maximum Gasteiger partial charge on any atom is 0.287 e. The number of hydrogen-bond donors (Lipinski definition) is 1. The van der Waals surface area contributed by atoms with Gasteiger partial charge in [0.2, 0.25) is 0 Å². The Labute approximate surface area is 176 Å². The lowest BCUT2D eigenvalue weighted by molar-refractivity contribution is 0.0921. The van der Waals surface area contributed by atoms with Crippen LogP contribution in [0.1, 0.15) is 46.9 Å². The zero-order chi connectivity index (χ0) is 20.8. The summed E-state index contributed by atoms with van der Waals surface area (Å²) in [4.78, 5) is 12.5. The van der Waals surface area contributed by atoms with Crippen LogP contribution in [-0.4, -0.2) is 12.5 Å². The Morgan fingerprint density at radius 3 is 2.62 bits per heavy atom. The predicted molar refractivity (Wildman–Crippen MR) is 116 cm³/mol. The van der Waals surface area contributed by atoms with Crippen LogP contribution in [0.2, 0.25) is 5.02 Å². The Hall–Kier alpha value is -2.72. The summed E-state index contributed by atoms with van der Waals surface area (Å²) in [5, 5.41) is 3.54. The van der Waals surface area contributed by atoms with Crippen molar-refractivity contribution < 1.29 is 13.9 Å². The molecule has 0 aliphatic rings. The van der Waals surface area contributed by atoms with Gasteiger partial charge in [-0.05, 0) is 48.2 Å². The Morgan fingerprint density at radius 1 is 1.14 bits per heavy atom. The molecule has 1 N–H and O–H groups in total. The molecule has 0 atom stereocenters. The highest BCUT2D eigenvalue weighted by Gasteiger charge is 2.17. The summed E-state index contributed by atoms with van der Waals surface area (Å²) in [7, 11) is 0. The molecule has 5 heteroatoms. The standard InChI is InChI=1S/C24H26ClNO3/c1-16(2)15-28-21-10-9-20(25)12-19(21)13-22-17(3)11-23(29-22)24(27)26-14-18-7-5-4-6-8-18/h4-12,16H,13-15H2,1-3H3,(H,26,27). The molecule has 0 aliphatic heterocycles. The molecule has 1 amide bonds. The lowest BCUT2D eigenvalue weighted by Gasteiger charge is -2.13. The van der Waals surface area contributed by atoms with Crippen LogP contribution in [0.25, 0.3) is 0 Å². The van der Waals surface area contributed by atoms with Gasteiger partial charge in [0, 0.05) is 23.6 Å². The molecule has 0 unspecified atom stereocenters. The number of hydrogen-bond acceptors (Lipinski definition) is 3. The van der Waals surface area contributed by atoms with E-state index >= 15 is 0 Å². The number of carbonyl (C=O) groups excluding carboxylic acids is 1. The van der Waals surface area contributed by atoms with E-state index in [0.717, 1.165) is 28.2 Å². The molecule has 0 saturated heterocycles. The van der Waals surface area contributed by atoms with Crippen molar-refractivity contribution in [3.05, 3.63) is 87.8 Å².